The molecule has 5 nitrogen and oxygen atoms in total. The minimum atomic E-state index is 0.760. The molecule has 0 atom stereocenters. The van der Waals surface area contributed by atoms with E-state index in [4.69, 9.17) is 0 Å². The normalized spacial score (nSPS) is 11.4. The lowest BCUT2D eigenvalue weighted by molar-refractivity contribution is 0.709. The number of aliphatic imine (C=N–C) groups is 1. The maximum Gasteiger partial charge on any atom is 0.191 e. The van der Waals surface area contributed by atoms with E-state index in [0.717, 1.165) is 43.6 Å². The lowest BCUT2D eigenvalue weighted by Gasteiger charge is -2.23. The lowest BCUT2D eigenvalue weighted by Crippen LogP contribution is -2.38. The van der Waals surface area contributed by atoms with Crippen LogP contribution in [0.25, 0.3) is 0 Å². The Labute approximate surface area is 148 Å². The van der Waals surface area contributed by atoms with E-state index < -0.39 is 0 Å². The molecule has 2 N–H and O–H groups in total. The van der Waals surface area contributed by atoms with Gasteiger partial charge >= 0.3 is 0 Å². The van der Waals surface area contributed by atoms with Gasteiger partial charge in [-0.05, 0) is 32.4 Å². The summed E-state index contributed by atoms with van der Waals surface area (Å²) in [5.74, 6) is 0.837. The molecule has 24 heavy (non-hydrogen) atoms. The Hall–Kier alpha value is -2.08. The van der Waals surface area contributed by atoms with Crippen molar-refractivity contribution in [3.05, 3.63) is 46.4 Å². The van der Waals surface area contributed by atoms with Gasteiger partial charge in [0.1, 0.15) is 0 Å². The number of aromatic nitrogens is 1. The average molecular weight is 346 g/mol. The topological polar surface area (TPSA) is 52.5 Å². The zero-order valence-corrected chi connectivity index (χ0v) is 15.6. The average Bonchev–Trinajstić information content (AvgIpc) is 3.03. The Morgan fingerprint density at radius 1 is 1.25 bits per heavy atom. The highest BCUT2D eigenvalue weighted by molar-refractivity contribution is 7.11. The summed E-state index contributed by atoms with van der Waals surface area (Å²) in [5.41, 5.74) is 1.28. The van der Waals surface area contributed by atoms with E-state index in [-0.39, 0.29) is 0 Å². The molecule has 0 saturated carbocycles. The third-order valence-corrected chi connectivity index (χ3v) is 4.64. The molecule has 0 aliphatic heterocycles. The molecule has 0 saturated heterocycles. The molecular formula is C18H27N5S. The Balaban J connectivity index is 1.69. The molecule has 0 amide bonds. The van der Waals surface area contributed by atoms with E-state index in [0.29, 0.717) is 0 Å². The summed E-state index contributed by atoms with van der Waals surface area (Å²) in [6, 6.07) is 10.6. The molecule has 1 aromatic carbocycles. The van der Waals surface area contributed by atoms with Gasteiger partial charge in [0.15, 0.2) is 5.96 Å². The highest BCUT2D eigenvalue weighted by Crippen LogP contribution is 2.13. The number of para-hydroxylation sites is 1. The molecule has 0 radical (unpaired) electrons. The fraction of sp³-hybridized carbons (Fsp3) is 0.444. The molecule has 0 unspecified atom stereocenters. The van der Waals surface area contributed by atoms with Crippen molar-refractivity contribution in [1.29, 1.82) is 0 Å². The molecule has 0 aliphatic rings. The van der Waals surface area contributed by atoms with Gasteiger partial charge in [-0.1, -0.05) is 18.2 Å². The standard InChI is InChI=1S/C18H27N5S/c1-4-23(16-9-6-5-7-10-16)12-8-11-20-18(19-3)22-14-17-13-21-15(2)24-17/h5-7,9-10,13H,4,8,11-12,14H2,1-3H3,(H2,19,20,22). The highest BCUT2D eigenvalue weighted by atomic mass is 32.1. The molecule has 130 valence electrons. The van der Waals surface area contributed by atoms with Gasteiger partial charge in [0.05, 0.1) is 11.6 Å². The van der Waals surface area contributed by atoms with E-state index >= 15 is 0 Å². The van der Waals surface area contributed by atoms with Gasteiger partial charge in [-0.2, -0.15) is 0 Å². The summed E-state index contributed by atoms with van der Waals surface area (Å²) in [6.45, 7) is 7.91. The fourth-order valence-corrected chi connectivity index (χ4v) is 3.20. The molecular weight excluding hydrogens is 318 g/mol. The smallest absolute Gasteiger partial charge is 0.191 e. The number of guanidine groups is 1. The van der Waals surface area contributed by atoms with E-state index in [1.54, 1.807) is 18.4 Å². The van der Waals surface area contributed by atoms with Crippen LogP contribution in [0.2, 0.25) is 0 Å². The molecule has 0 spiro atoms. The number of hydrogen-bond acceptors (Lipinski definition) is 4. The number of nitrogens with zero attached hydrogens (tertiary/aromatic N) is 3. The summed E-state index contributed by atoms with van der Waals surface area (Å²) in [4.78, 5) is 12.1. The molecule has 0 aliphatic carbocycles. The monoisotopic (exact) mass is 345 g/mol. The second-order valence-corrected chi connectivity index (χ2v) is 6.79. The van der Waals surface area contributed by atoms with Crippen molar-refractivity contribution in [2.24, 2.45) is 4.99 Å². The number of aryl methyl sites for hydroxylation is 1. The number of thiazole rings is 1. The van der Waals surface area contributed by atoms with Gasteiger partial charge in [-0.3, -0.25) is 4.99 Å². The second-order valence-electron chi connectivity index (χ2n) is 5.47. The van der Waals surface area contributed by atoms with Crippen LogP contribution in [0.15, 0.2) is 41.5 Å². The van der Waals surface area contributed by atoms with Crippen LogP contribution in [-0.2, 0) is 6.54 Å². The molecule has 0 bridgehead atoms. The third kappa shape index (κ3) is 5.85. The van der Waals surface area contributed by atoms with Crippen LogP contribution in [0.3, 0.4) is 0 Å². The maximum absolute atomic E-state index is 4.27. The molecule has 6 heteroatoms. The number of rotatable bonds is 8. The van der Waals surface area contributed by atoms with Crippen molar-refractivity contribution in [3.8, 4) is 0 Å². The number of nitrogens with one attached hydrogen (secondary N) is 2. The van der Waals surface area contributed by atoms with E-state index in [1.165, 1.54) is 10.6 Å². The van der Waals surface area contributed by atoms with Crippen LogP contribution in [-0.4, -0.2) is 37.6 Å². The summed E-state index contributed by atoms with van der Waals surface area (Å²) in [5, 5.41) is 7.80. The van der Waals surface area contributed by atoms with Crippen molar-refractivity contribution in [1.82, 2.24) is 15.6 Å². The van der Waals surface area contributed by atoms with Gasteiger partial charge in [0.25, 0.3) is 0 Å². The third-order valence-electron chi connectivity index (χ3n) is 3.72. The highest BCUT2D eigenvalue weighted by Gasteiger charge is 2.04. The summed E-state index contributed by atoms with van der Waals surface area (Å²) >= 11 is 1.71. The van der Waals surface area contributed by atoms with Gasteiger partial charge < -0.3 is 15.5 Å². The molecule has 2 aromatic rings. The van der Waals surface area contributed by atoms with Crippen LogP contribution in [0, 0.1) is 6.92 Å². The van der Waals surface area contributed by atoms with Crippen molar-refractivity contribution in [2.45, 2.75) is 26.8 Å². The van der Waals surface area contributed by atoms with Crippen LogP contribution < -0.4 is 15.5 Å². The Bertz CT molecular complexity index is 623. The van der Waals surface area contributed by atoms with Crippen molar-refractivity contribution >= 4 is 23.0 Å². The first kappa shape index (κ1) is 18.3. The SMILES string of the molecule is CCN(CCCNC(=NC)NCc1cnc(C)s1)c1ccccc1. The van der Waals surface area contributed by atoms with Gasteiger partial charge in [-0.25, -0.2) is 4.98 Å². The Kier molecular flexibility index (Phi) is 7.55. The fourth-order valence-electron chi connectivity index (χ4n) is 2.46. The molecule has 1 heterocycles. The first-order chi connectivity index (χ1) is 11.7. The predicted molar refractivity (Wildman–Crippen MR) is 104 cm³/mol. The van der Waals surface area contributed by atoms with Crippen LogP contribution in [0.5, 0.6) is 0 Å². The zero-order valence-electron chi connectivity index (χ0n) is 14.7. The second kappa shape index (κ2) is 9.93. The maximum atomic E-state index is 4.27. The molecule has 0 fully saturated rings. The summed E-state index contributed by atoms with van der Waals surface area (Å²) < 4.78 is 0. The number of benzene rings is 1. The lowest BCUT2D eigenvalue weighted by atomic mass is 10.2. The Morgan fingerprint density at radius 2 is 2.04 bits per heavy atom. The van der Waals surface area contributed by atoms with E-state index in [2.05, 4.69) is 62.8 Å². The largest absolute Gasteiger partial charge is 0.372 e. The first-order valence-electron chi connectivity index (χ1n) is 8.38. The van der Waals surface area contributed by atoms with Crippen molar-refractivity contribution in [3.63, 3.8) is 0 Å². The summed E-state index contributed by atoms with van der Waals surface area (Å²) in [7, 11) is 1.80. The minimum Gasteiger partial charge on any atom is -0.372 e. The van der Waals surface area contributed by atoms with E-state index in [1.807, 2.05) is 13.1 Å². The first-order valence-corrected chi connectivity index (χ1v) is 9.20. The van der Waals surface area contributed by atoms with Gasteiger partial charge in [0.2, 0.25) is 0 Å². The minimum absolute atomic E-state index is 0.760. The molecule has 2 rings (SSSR count). The van der Waals surface area contributed by atoms with Crippen LogP contribution >= 0.6 is 11.3 Å². The van der Waals surface area contributed by atoms with Gasteiger partial charge in [-0.15, -0.1) is 11.3 Å². The van der Waals surface area contributed by atoms with Crippen molar-refractivity contribution in [2.75, 3.05) is 31.6 Å². The summed E-state index contributed by atoms with van der Waals surface area (Å²) in [6.07, 6.45) is 2.97. The van der Waals surface area contributed by atoms with Crippen LogP contribution in [0.4, 0.5) is 5.69 Å². The van der Waals surface area contributed by atoms with Crippen LogP contribution in [0.1, 0.15) is 23.2 Å². The van der Waals surface area contributed by atoms with E-state index in [9.17, 15) is 0 Å². The predicted octanol–water partition coefficient (Wildman–Crippen LogP) is 3.03. The Morgan fingerprint density at radius 3 is 2.67 bits per heavy atom. The molecule has 1 aromatic heterocycles. The number of hydrogen-bond donors (Lipinski definition) is 2. The number of anilines is 1. The van der Waals surface area contributed by atoms with Gasteiger partial charge in [0, 0.05) is 43.4 Å². The van der Waals surface area contributed by atoms with Crippen molar-refractivity contribution < 1.29 is 0 Å². The zero-order chi connectivity index (χ0) is 17.2. The quantitative estimate of drug-likeness (QED) is 0.439.